The molecule has 4 rings (SSSR count). The summed E-state index contributed by atoms with van der Waals surface area (Å²) in [5, 5.41) is 14.5. The first-order valence-electron chi connectivity index (χ1n) is 10.6. The minimum atomic E-state index is -0.303. The molecule has 0 spiro atoms. The van der Waals surface area contributed by atoms with Gasteiger partial charge in [0.15, 0.2) is 11.0 Å². The molecule has 0 fully saturated rings. The van der Waals surface area contributed by atoms with Crippen LogP contribution in [0.25, 0.3) is 17.1 Å². The van der Waals surface area contributed by atoms with Gasteiger partial charge >= 0.3 is 0 Å². The van der Waals surface area contributed by atoms with Crippen molar-refractivity contribution in [2.75, 3.05) is 20.0 Å². The molecule has 0 aliphatic rings. The predicted molar refractivity (Wildman–Crippen MR) is 143 cm³/mol. The summed E-state index contributed by atoms with van der Waals surface area (Å²) in [6.07, 6.45) is 1.51. The van der Waals surface area contributed by atoms with Crippen LogP contribution in [-0.4, -0.2) is 46.9 Å². The van der Waals surface area contributed by atoms with E-state index in [2.05, 4.69) is 20.7 Å². The average molecular weight is 542 g/mol. The van der Waals surface area contributed by atoms with E-state index in [9.17, 15) is 4.79 Å². The third-order valence-electron chi connectivity index (χ3n) is 4.99. The van der Waals surface area contributed by atoms with Crippen molar-refractivity contribution in [1.29, 1.82) is 0 Å². The van der Waals surface area contributed by atoms with Gasteiger partial charge in [-0.25, -0.2) is 5.43 Å². The van der Waals surface area contributed by atoms with Gasteiger partial charge in [0.1, 0.15) is 11.5 Å². The van der Waals surface area contributed by atoms with Crippen molar-refractivity contribution in [2.24, 2.45) is 5.10 Å². The first-order chi connectivity index (χ1) is 17.5. The molecule has 1 amide bonds. The number of benzene rings is 3. The minimum Gasteiger partial charge on any atom is -0.497 e. The highest BCUT2D eigenvalue weighted by atomic mass is 35.5. The monoisotopic (exact) mass is 541 g/mol. The van der Waals surface area contributed by atoms with Gasteiger partial charge < -0.3 is 9.47 Å². The average Bonchev–Trinajstić information content (AvgIpc) is 3.32. The number of thioether (sulfide) groups is 1. The molecule has 184 valence electrons. The number of nitrogens with one attached hydrogen (secondary N) is 1. The van der Waals surface area contributed by atoms with Crippen LogP contribution in [0.1, 0.15) is 5.56 Å². The Morgan fingerprint density at radius 2 is 1.69 bits per heavy atom. The summed E-state index contributed by atoms with van der Waals surface area (Å²) in [7, 11) is 3.13. The number of hydrazone groups is 1. The number of halogens is 2. The molecule has 1 aromatic heterocycles. The molecule has 1 heterocycles. The summed E-state index contributed by atoms with van der Waals surface area (Å²) in [5.74, 6) is 1.62. The molecule has 0 bridgehead atoms. The van der Waals surface area contributed by atoms with Crippen molar-refractivity contribution in [3.05, 3.63) is 82.3 Å². The van der Waals surface area contributed by atoms with Gasteiger partial charge in [-0.2, -0.15) is 5.10 Å². The van der Waals surface area contributed by atoms with E-state index in [-0.39, 0.29) is 11.7 Å². The van der Waals surface area contributed by atoms with Crippen LogP contribution in [0.15, 0.2) is 77.0 Å². The van der Waals surface area contributed by atoms with Crippen molar-refractivity contribution < 1.29 is 14.3 Å². The van der Waals surface area contributed by atoms with E-state index in [4.69, 9.17) is 32.7 Å². The van der Waals surface area contributed by atoms with Gasteiger partial charge in [-0.1, -0.05) is 35.0 Å². The quantitative estimate of drug-likeness (QED) is 0.171. The summed E-state index contributed by atoms with van der Waals surface area (Å²) in [5.41, 5.74) is 4.86. The highest BCUT2D eigenvalue weighted by molar-refractivity contribution is 7.99. The molecule has 0 radical (unpaired) electrons. The number of aromatic nitrogens is 3. The fourth-order valence-corrected chi connectivity index (χ4v) is 4.23. The molecule has 0 aliphatic heterocycles. The van der Waals surface area contributed by atoms with Gasteiger partial charge in [-0.3, -0.25) is 9.36 Å². The van der Waals surface area contributed by atoms with Gasteiger partial charge in [-0.15, -0.1) is 10.2 Å². The first-order valence-corrected chi connectivity index (χ1v) is 12.4. The summed E-state index contributed by atoms with van der Waals surface area (Å²) in [6.45, 7) is 0. The van der Waals surface area contributed by atoms with Crippen molar-refractivity contribution in [1.82, 2.24) is 20.2 Å². The molecular weight excluding hydrogens is 521 g/mol. The number of hydrogen-bond donors (Lipinski definition) is 1. The maximum atomic E-state index is 12.5. The third-order valence-corrected chi connectivity index (χ3v) is 6.42. The van der Waals surface area contributed by atoms with E-state index in [1.54, 1.807) is 56.7 Å². The van der Waals surface area contributed by atoms with Gasteiger partial charge in [-0.05, 0) is 60.7 Å². The normalized spacial score (nSPS) is 11.0. The zero-order chi connectivity index (χ0) is 25.5. The van der Waals surface area contributed by atoms with Crippen molar-refractivity contribution in [3.8, 4) is 28.6 Å². The molecule has 0 saturated carbocycles. The standard InChI is InChI=1S/C25H21Cl2N5O3S/c1-34-21-12-5-17(22(13-21)35-2)14-28-29-23(33)15-36-25-31-30-24(16-3-6-18(26)7-4-16)32(25)20-10-8-19(27)9-11-20/h3-14H,15H2,1-2H3,(H,29,33)/b28-14-. The topological polar surface area (TPSA) is 90.6 Å². The zero-order valence-electron chi connectivity index (χ0n) is 19.3. The highest BCUT2D eigenvalue weighted by Gasteiger charge is 2.17. The van der Waals surface area contributed by atoms with Gasteiger partial charge in [0.2, 0.25) is 0 Å². The van der Waals surface area contributed by atoms with E-state index in [0.717, 1.165) is 11.3 Å². The minimum absolute atomic E-state index is 0.0728. The lowest BCUT2D eigenvalue weighted by molar-refractivity contribution is -0.118. The number of ether oxygens (including phenoxy) is 2. The molecule has 36 heavy (non-hydrogen) atoms. The Kier molecular flexibility index (Phi) is 8.48. The van der Waals surface area contributed by atoms with Crippen LogP contribution in [0.2, 0.25) is 10.0 Å². The Bertz CT molecular complexity index is 1380. The second-order valence-electron chi connectivity index (χ2n) is 7.31. The Morgan fingerprint density at radius 1 is 1.00 bits per heavy atom. The van der Waals surface area contributed by atoms with Crippen LogP contribution in [0.5, 0.6) is 11.5 Å². The van der Waals surface area contributed by atoms with Crippen LogP contribution in [0, 0.1) is 0 Å². The van der Waals surface area contributed by atoms with Crippen LogP contribution < -0.4 is 14.9 Å². The largest absolute Gasteiger partial charge is 0.497 e. The molecule has 3 aromatic carbocycles. The van der Waals surface area contributed by atoms with Crippen molar-refractivity contribution >= 4 is 47.1 Å². The molecule has 4 aromatic rings. The lowest BCUT2D eigenvalue weighted by Crippen LogP contribution is -2.20. The summed E-state index contributed by atoms with van der Waals surface area (Å²) in [4.78, 5) is 12.5. The first kappa shape index (κ1) is 25.6. The maximum absolute atomic E-state index is 12.5. The fourth-order valence-electron chi connectivity index (χ4n) is 3.23. The lowest BCUT2D eigenvalue weighted by atomic mass is 10.2. The summed E-state index contributed by atoms with van der Waals surface area (Å²) in [6, 6.07) is 19.9. The van der Waals surface area contributed by atoms with Crippen molar-refractivity contribution in [2.45, 2.75) is 5.16 Å². The summed E-state index contributed by atoms with van der Waals surface area (Å²) >= 11 is 13.4. The van der Waals surface area contributed by atoms with Crippen LogP contribution in [0.4, 0.5) is 0 Å². The van der Waals surface area contributed by atoms with Crippen LogP contribution in [0.3, 0.4) is 0 Å². The number of amides is 1. The van der Waals surface area contributed by atoms with E-state index in [1.807, 2.05) is 28.8 Å². The van der Waals surface area contributed by atoms with E-state index < -0.39 is 0 Å². The van der Waals surface area contributed by atoms with Crippen LogP contribution >= 0.6 is 35.0 Å². The molecule has 0 aliphatic carbocycles. The number of rotatable bonds is 9. The van der Waals surface area contributed by atoms with Crippen molar-refractivity contribution in [3.63, 3.8) is 0 Å². The zero-order valence-corrected chi connectivity index (χ0v) is 21.6. The molecule has 8 nitrogen and oxygen atoms in total. The summed E-state index contributed by atoms with van der Waals surface area (Å²) < 4.78 is 12.4. The predicted octanol–water partition coefficient (Wildman–Crippen LogP) is 5.50. The highest BCUT2D eigenvalue weighted by Crippen LogP contribution is 2.29. The number of methoxy groups -OCH3 is 2. The molecule has 0 unspecified atom stereocenters. The SMILES string of the molecule is COc1ccc(/C=N\NC(=O)CSc2nnc(-c3ccc(Cl)cc3)n2-c2ccc(Cl)cc2)c(OC)c1. The second-order valence-corrected chi connectivity index (χ2v) is 9.13. The van der Waals surface area contributed by atoms with Gasteiger partial charge in [0, 0.05) is 32.9 Å². The van der Waals surface area contributed by atoms with Gasteiger partial charge in [0.25, 0.3) is 5.91 Å². The van der Waals surface area contributed by atoms with Crippen LogP contribution in [-0.2, 0) is 4.79 Å². The molecule has 0 saturated heterocycles. The molecule has 0 atom stereocenters. The van der Waals surface area contributed by atoms with Gasteiger partial charge in [0.05, 0.1) is 26.2 Å². The van der Waals surface area contributed by atoms with E-state index in [1.165, 1.54) is 18.0 Å². The maximum Gasteiger partial charge on any atom is 0.250 e. The molecular formula is C25H21Cl2N5O3S. The number of carbonyl (C=O) groups excluding carboxylic acids is 1. The number of carbonyl (C=O) groups is 1. The fraction of sp³-hybridized carbons (Fsp3) is 0.120. The Balaban J connectivity index is 1.49. The third kappa shape index (κ3) is 6.17. The molecule has 1 N–H and O–H groups in total. The van der Waals surface area contributed by atoms with E-state index in [0.29, 0.717) is 38.1 Å². The second kappa shape index (κ2) is 11.9. The Morgan fingerprint density at radius 3 is 2.36 bits per heavy atom. The number of nitrogens with zero attached hydrogens (tertiary/aromatic N) is 4. The smallest absolute Gasteiger partial charge is 0.250 e. The van der Waals surface area contributed by atoms with E-state index >= 15 is 0 Å². The molecule has 11 heteroatoms. The number of hydrogen-bond acceptors (Lipinski definition) is 7. The Hall–Kier alpha value is -3.53. The lowest BCUT2D eigenvalue weighted by Gasteiger charge is -2.10. The Labute approximate surface area is 222 Å².